The van der Waals surface area contributed by atoms with Crippen molar-refractivity contribution in [1.82, 2.24) is 10.4 Å². The molecular weight excluding hydrogens is 222 g/mol. The molecule has 0 saturated heterocycles. The Kier molecular flexibility index (Phi) is 4.67. The van der Waals surface area contributed by atoms with E-state index in [1.54, 1.807) is 0 Å². The third-order valence-corrected chi connectivity index (χ3v) is 3.33. The molecule has 2 rings (SSSR count). The van der Waals surface area contributed by atoms with Crippen molar-refractivity contribution in [3.05, 3.63) is 42.2 Å². The van der Waals surface area contributed by atoms with Crippen LogP contribution in [0.5, 0.6) is 0 Å². The Balaban J connectivity index is 2.27. The summed E-state index contributed by atoms with van der Waals surface area (Å²) < 4.78 is 0. The van der Waals surface area contributed by atoms with E-state index in [0.717, 1.165) is 12.1 Å². The first-order valence-electron chi connectivity index (χ1n) is 6.66. The average molecular weight is 243 g/mol. The summed E-state index contributed by atoms with van der Waals surface area (Å²) in [4.78, 5) is 4.51. The molecule has 1 atom stereocenters. The van der Waals surface area contributed by atoms with E-state index in [-0.39, 0.29) is 6.04 Å². The molecule has 3 heteroatoms. The number of rotatable bonds is 6. The van der Waals surface area contributed by atoms with Crippen LogP contribution in [0.1, 0.15) is 44.3 Å². The van der Waals surface area contributed by atoms with Gasteiger partial charge in [0.25, 0.3) is 0 Å². The predicted molar refractivity (Wildman–Crippen MR) is 75.9 cm³/mol. The van der Waals surface area contributed by atoms with E-state index in [4.69, 9.17) is 5.84 Å². The molecule has 0 radical (unpaired) electrons. The Bertz CT molecular complexity index is 491. The van der Waals surface area contributed by atoms with E-state index in [1.807, 2.05) is 24.4 Å². The molecule has 0 bridgehead atoms. The molecule has 2 aromatic rings. The normalized spacial score (nSPS) is 12.8. The zero-order valence-corrected chi connectivity index (χ0v) is 10.9. The molecule has 1 unspecified atom stereocenters. The highest BCUT2D eigenvalue weighted by Gasteiger charge is 2.13. The summed E-state index contributed by atoms with van der Waals surface area (Å²) in [6, 6.07) is 10.5. The molecule has 0 aliphatic rings. The SMILES string of the molecule is CCCCCC(NN)c1nccc2ccccc12. The van der Waals surface area contributed by atoms with Crippen LogP contribution in [0.2, 0.25) is 0 Å². The van der Waals surface area contributed by atoms with Crippen molar-refractivity contribution in [2.45, 2.75) is 38.6 Å². The van der Waals surface area contributed by atoms with Gasteiger partial charge in [0.2, 0.25) is 0 Å². The fourth-order valence-electron chi connectivity index (χ4n) is 2.32. The van der Waals surface area contributed by atoms with Gasteiger partial charge in [-0.2, -0.15) is 0 Å². The first-order chi connectivity index (χ1) is 8.86. The number of nitrogens with two attached hydrogens (primary N) is 1. The number of benzene rings is 1. The maximum Gasteiger partial charge on any atom is 0.0664 e. The second-order valence-electron chi connectivity index (χ2n) is 4.63. The monoisotopic (exact) mass is 243 g/mol. The lowest BCUT2D eigenvalue weighted by Crippen LogP contribution is -2.28. The first-order valence-corrected chi connectivity index (χ1v) is 6.66. The summed E-state index contributed by atoms with van der Waals surface area (Å²) in [6.45, 7) is 2.21. The van der Waals surface area contributed by atoms with Gasteiger partial charge < -0.3 is 0 Å². The van der Waals surface area contributed by atoms with Crippen LogP contribution < -0.4 is 11.3 Å². The smallest absolute Gasteiger partial charge is 0.0664 e. The van der Waals surface area contributed by atoms with E-state index < -0.39 is 0 Å². The van der Waals surface area contributed by atoms with Gasteiger partial charge >= 0.3 is 0 Å². The molecule has 0 amide bonds. The minimum absolute atomic E-state index is 0.141. The highest BCUT2D eigenvalue weighted by molar-refractivity contribution is 5.84. The molecule has 3 nitrogen and oxygen atoms in total. The molecule has 0 aliphatic carbocycles. The number of unbranched alkanes of at least 4 members (excludes halogenated alkanes) is 2. The molecule has 3 N–H and O–H groups in total. The first kappa shape index (κ1) is 13.0. The summed E-state index contributed by atoms with van der Waals surface area (Å²) in [7, 11) is 0. The Morgan fingerprint density at radius 1 is 1.22 bits per heavy atom. The highest BCUT2D eigenvalue weighted by Crippen LogP contribution is 2.25. The second-order valence-corrected chi connectivity index (χ2v) is 4.63. The van der Waals surface area contributed by atoms with Crippen LogP contribution in [0, 0.1) is 0 Å². The third-order valence-electron chi connectivity index (χ3n) is 3.33. The van der Waals surface area contributed by atoms with Crippen LogP contribution in [0.3, 0.4) is 0 Å². The second kappa shape index (κ2) is 6.47. The van der Waals surface area contributed by atoms with Crippen molar-refractivity contribution >= 4 is 10.8 Å². The van der Waals surface area contributed by atoms with Crippen molar-refractivity contribution in [2.75, 3.05) is 0 Å². The molecular formula is C15H21N3. The van der Waals surface area contributed by atoms with Gasteiger partial charge in [-0.25, -0.2) is 0 Å². The van der Waals surface area contributed by atoms with Crippen molar-refractivity contribution in [1.29, 1.82) is 0 Å². The standard InChI is InChI=1S/C15H21N3/c1-2-3-4-9-14(18-16)15-13-8-6-5-7-12(13)10-11-17-15/h5-8,10-11,14,18H,2-4,9,16H2,1H3. The molecule has 0 spiro atoms. The summed E-state index contributed by atoms with van der Waals surface area (Å²) in [5.41, 5.74) is 3.97. The Morgan fingerprint density at radius 3 is 2.83 bits per heavy atom. The number of pyridine rings is 1. The number of hydrazine groups is 1. The number of nitrogens with zero attached hydrogens (tertiary/aromatic N) is 1. The van der Waals surface area contributed by atoms with Crippen molar-refractivity contribution < 1.29 is 0 Å². The van der Waals surface area contributed by atoms with Crippen molar-refractivity contribution in [2.24, 2.45) is 5.84 Å². The fourth-order valence-corrected chi connectivity index (χ4v) is 2.32. The number of hydrogen-bond acceptors (Lipinski definition) is 3. The fraction of sp³-hybridized carbons (Fsp3) is 0.400. The van der Waals surface area contributed by atoms with E-state index in [9.17, 15) is 0 Å². The maximum absolute atomic E-state index is 5.69. The lowest BCUT2D eigenvalue weighted by Gasteiger charge is -2.17. The van der Waals surface area contributed by atoms with Crippen molar-refractivity contribution in [3.8, 4) is 0 Å². The number of fused-ring (bicyclic) bond motifs is 1. The Labute approximate surface area is 108 Å². The average Bonchev–Trinajstić information content (AvgIpc) is 2.43. The van der Waals surface area contributed by atoms with Crippen LogP contribution in [-0.4, -0.2) is 4.98 Å². The number of aromatic nitrogens is 1. The van der Waals surface area contributed by atoms with Crippen molar-refractivity contribution in [3.63, 3.8) is 0 Å². The van der Waals surface area contributed by atoms with Gasteiger partial charge in [0.1, 0.15) is 0 Å². The molecule has 96 valence electrons. The summed E-state index contributed by atoms with van der Waals surface area (Å²) in [5.74, 6) is 5.69. The lowest BCUT2D eigenvalue weighted by atomic mass is 10.0. The molecule has 0 aliphatic heterocycles. The molecule has 0 fully saturated rings. The molecule has 1 heterocycles. The molecule has 0 saturated carbocycles. The van der Waals surface area contributed by atoms with Gasteiger partial charge in [0.15, 0.2) is 0 Å². The lowest BCUT2D eigenvalue weighted by molar-refractivity contribution is 0.480. The topological polar surface area (TPSA) is 50.9 Å². The minimum atomic E-state index is 0.141. The molecule has 1 aromatic carbocycles. The summed E-state index contributed by atoms with van der Waals surface area (Å²) >= 11 is 0. The van der Waals surface area contributed by atoms with Crippen LogP contribution in [-0.2, 0) is 0 Å². The zero-order chi connectivity index (χ0) is 12.8. The van der Waals surface area contributed by atoms with Crippen LogP contribution in [0.15, 0.2) is 36.5 Å². The van der Waals surface area contributed by atoms with Crippen LogP contribution in [0.4, 0.5) is 0 Å². The third kappa shape index (κ3) is 2.86. The van der Waals surface area contributed by atoms with Gasteiger partial charge in [-0.1, -0.05) is 50.5 Å². The van der Waals surface area contributed by atoms with Gasteiger partial charge in [-0.15, -0.1) is 0 Å². The van der Waals surface area contributed by atoms with Gasteiger partial charge in [-0.3, -0.25) is 16.3 Å². The quantitative estimate of drug-likeness (QED) is 0.465. The predicted octanol–water partition coefficient (Wildman–Crippen LogP) is 3.32. The molecule has 18 heavy (non-hydrogen) atoms. The van der Waals surface area contributed by atoms with E-state index in [1.165, 1.54) is 30.0 Å². The van der Waals surface area contributed by atoms with Gasteiger partial charge in [0, 0.05) is 11.6 Å². The van der Waals surface area contributed by atoms with E-state index in [2.05, 4.69) is 29.5 Å². The molecule has 1 aromatic heterocycles. The van der Waals surface area contributed by atoms with E-state index >= 15 is 0 Å². The van der Waals surface area contributed by atoms with Crippen LogP contribution in [0.25, 0.3) is 10.8 Å². The largest absolute Gasteiger partial charge is 0.271 e. The summed E-state index contributed by atoms with van der Waals surface area (Å²) in [6.07, 6.45) is 6.53. The maximum atomic E-state index is 5.69. The zero-order valence-electron chi connectivity index (χ0n) is 10.9. The van der Waals surface area contributed by atoms with Crippen LogP contribution >= 0.6 is 0 Å². The van der Waals surface area contributed by atoms with Gasteiger partial charge in [-0.05, 0) is 17.9 Å². The van der Waals surface area contributed by atoms with Gasteiger partial charge in [0.05, 0.1) is 11.7 Å². The van der Waals surface area contributed by atoms with E-state index in [0.29, 0.717) is 0 Å². The number of hydrogen-bond donors (Lipinski definition) is 2. The minimum Gasteiger partial charge on any atom is -0.271 e. The summed E-state index contributed by atoms with van der Waals surface area (Å²) in [5, 5.41) is 2.41. The Morgan fingerprint density at radius 2 is 2.06 bits per heavy atom. The highest BCUT2D eigenvalue weighted by atomic mass is 15.2. The number of nitrogens with one attached hydrogen (secondary N) is 1. The Hall–Kier alpha value is -1.45.